The Balaban J connectivity index is 3.67. The van der Waals surface area contributed by atoms with E-state index in [2.05, 4.69) is 5.14 Å². The lowest BCUT2D eigenvalue weighted by Gasteiger charge is -1.93. The van der Waals surface area contributed by atoms with Crippen molar-refractivity contribution >= 4 is 15.9 Å². The molecule has 0 aromatic heterocycles. The molecule has 0 amide bonds. The van der Waals surface area contributed by atoms with Gasteiger partial charge in [-0.25, -0.2) is 13.6 Å². The smallest absolute Gasteiger partial charge is 0.209 e. The van der Waals surface area contributed by atoms with E-state index in [-0.39, 0.29) is 18.0 Å². The zero-order chi connectivity index (χ0) is 7.49. The van der Waals surface area contributed by atoms with Gasteiger partial charge in [-0.1, -0.05) is 0 Å². The van der Waals surface area contributed by atoms with Gasteiger partial charge in [-0.3, -0.25) is 5.41 Å². The number of hydrogen-bond acceptors (Lipinski definition) is 3. The minimum atomic E-state index is -3.44. The van der Waals surface area contributed by atoms with Crippen molar-refractivity contribution in [2.75, 3.05) is 5.75 Å². The monoisotopic (exact) mass is 151 g/mol. The molecule has 0 aromatic rings. The molecule has 0 unspecified atom stereocenters. The van der Waals surface area contributed by atoms with Crippen LogP contribution in [0.2, 0.25) is 0 Å². The van der Waals surface area contributed by atoms with E-state index >= 15 is 0 Å². The summed E-state index contributed by atoms with van der Waals surface area (Å²) in [5, 5.41) is 11.2. The van der Waals surface area contributed by atoms with Crippen molar-refractivity contribution in [1.29, 1.82) is 5.41 Å². The molecule has 0 aliphatic rings. The van der Waals surface area contributed by atoms with Crippen LogP contribution in [0.3, 0.4) is 0 Å². The largest absolute Gasteiger partial charge is 0.388 e. The second-order valence-electron chi connectivity index (χ2n) is 1.64. The first-order valence-corrected chi connectivity index (χ1v) is 3.97. The van der Waals surface area contributed by atoms with Crippen molar-refractivity contribution in [2.45, 2.75) is 6.42 Å². The van der Waals surface area contributed by atoms with Crippen LogP contribution in [0.4, 0.5) is 0 Å². The van der Waals surface area contributed by atoms with Crippen molar-refractivity contribution in [3.8, 4) is 0 Å². The summed E-state index contributed by atoms with van der Waals surface area (Å²) >= 11 is 0. The molecular formula is C3H9N3O2S. The van der Waals surface area contributed by atoms with Crippen LogP contribution in [0, 0.1) is 5.41 Å². The Kier molecular flexibility index (Phi) is 2.60. The van der Waals surface area contributed by atoms with Crippen LogP contribution in [0.1, 0.15) is 6.42 Å². The standard InChI is InChI=1S/C3H9N3O2S/c4-3(5)1-2-9(6,7)8/h1-2H2,(H3,4,5)(H2,6,7,8). The predicted molar refractivity (Wildman–Crippen MR) is 34.5 cm³/mol. The van der Waals surface area contributed by atoms with Gasteiger partial charge in [-0.2, -0.15) is 0 Å². The molecule has 0 rings (SSSR count). The maximum atomic E-state index is 10.2. The number of nitrogens with one attached hydrogen (secondary N) is 1. The Morgan fingerprint density at radius 2 is 2.00 bits per heavy atom. The zero-order valence-electron chi connectivity index (χ0n) is 4.79. The highest BCUT2D eigenvalue weighted by Crippen LogP contribution is 1.82. The maximum absolute atomic E-state index is 10.2. The summed E-state index contributed by atoms with van der Waals surface area (Å²) < 4.78 is 20.3. The average molecular weight is 151 g/mol. The molecule has 5 nitrogen and oxygen atoms in total. The van der Waals surface area contributed by atoms with Gasteiger partial charge >= 0.3 is 0 Å². The van der Waals surface area contributed by atoms with Gasteiger partial charge in [0.2, 0.25) is 10.0 Å². The molecule has 0 aliphatic heterocycles. The second-order valence-corrected chi connectivity index (χ2v) is 3.38. The van der Waals surface area contributed by atoms with Crippen molar-refractivity contribution in [3.63, 3.8) is 0 Å². The van der Waals surface area contributed by atoms with E-state index in [4.69, 9.17) is 11.1 Å². The lowest BCUT2D eigenvalue weighted by molar-refractivity contribution is 0.598. The fourth-order valence-corrected chi connectivity index (χ4v) is 0.757. The van der Waals surface area contributed by atoms with Crippen LogP contribution < -0.4 is 10.9 Å². The lowest BCUT2D eigenvalue weighted by Crippen LogP contribution is -2.21. The number of nitrogens with two attached hydrogens (primary N) is 2. The van der Waals surface area contributed by atoms with Crippen molar-refractivity contribution in [1.82, 2.24) is 0 Å². The molecule has 54 valence electrons. The third kappa shape index (κ3) is 7.38. The molecule has 0 atom stereocenters. The van der Waals surface area contributed by atoms with E-state index in [0.29, 0.717) is 0 Å². The number of rotatable bonds is 3. The van der Waals surface area contributed by atoms with Gasteiger partial charge in [-0.15, -0.1) is 0 Å². The molecule has 0 saturated carbocycles. The van der Waals surface area contributed by atoms with Crippen LogP contribution in [-0.2, 0) is 10.0 Å². The Morgan fingerprint density at radius 1 is 1.56 bits per heavy atom. The summed E-state index contributed by atoms with van der Waals surface area (Å²) in [5.74, 6) is -0.411. The summed E-state index contributed by atoms with van der Waals surface area (Å²) in [6, 6.07) is 0. The molecule has 0 aliphatic carbocycles. The summed E-state index contributed by atoms with van der Waals surface area (Å²) in [6.07, 6.45) is 0.0127. The van der Waals surface area contributed by atoms with E-state index < -0.39 is 10.0 Å². The van der Waals surface area contributed by atoms with Crippen LogP contribution in [0.5, 0.6) is 0 Å². The van der Waals surface area contributed by atoms with E-state index in [1.807, 2.05) is 0 Å². The SMILES string of the molecule is N=C(N)CCS(N)(=O)=O. The average Bonchev–Trinajstić information content (AvgIpc) is 1.59. The molecule has 6 heteroatoms. The van der Waals surface area contributed by atoms with Gasteiger partial charge in [-0.05, 0) is 0 Å². The predicted octanol–water partition coefficient (Wildman–Crippen LogP) is -1.40. The van der Waals surface area contributed by atoms with Crippen molar-refractivity contribution < 1.29 is 8.42 Å². The Hall–Kier alpha value is -0.620. The summed E-state index contributed by atoms with van der Waals surface area (Å²) in [4.78, 5) is 0. The van der Waals surface area contributed by atoms with Crippen LogP contribution in [0.15, 0.2) is 0 Å². The number of sulfonamides is 1. The Morgan fingerprint density at radius 3 is 2.11 bits per heavy atom. The first-order valence-electron chi connectivity index (χ1n) is 2.25. The fraction of sp³-hybridized carbons (Fsp3) is 0.667. The molecule has 0 heterocycles. The topological polar surface area (TPSA) is 110 Å². The minimum Gasteiger partial charge on any atom is -0.388 e. The van der Waals surface area contributed by atoms with E-state index in [1.165, 1.54) is 0 Å². The highest BCUT2D eigenvalue weighted by atomic mass is 32.2. The molecule has 0 aromatic carbocycles. The molecule has 0 spiro atoms. The summed E-state index contributed by atoms with van der Waals surface area (Å²) in [7, 11) is -3.44. The molecule has 9 heavy (non-hydrogen) atoms. The van der Waals surface area contributed by atoms with Gasteiger partial charge in [0.25, 0.3) is 0 Å². The normalized spacial score (nSPS) is 11.2. The molecule has 0 fully saturated rings. The molecule has 0 radical (unpaired) electrons. The Bertz CT molecular complexity index is 195. The number of hydrogen-bond donors (Lipinski definition) is 3. The third-order valence-electron chi connectivity index (χ3n) is 0.656. The molecule has 5 N–H and O–H groups in total. The minimum absolute atomic E-state index is 0.0127. The highest BCUT2D eigenvalue weighted by molar-refractivity contribution is 7.89. The quantitative estimate of drug-likeness (QED) is 0.341. The fourth-order valence-electron chi connectivity index (χ4n) is 0.252. The van der Waals surface area contributed by atoms with Crippen molar-refractivity contribution in [2.24, 2.45) is 10.9 Å². The number of primary sulfonamides is 1. The van der Waals surface area contributed by atoms with Crippen LogP contribution in [-0.4, -0.2) is 20.0 Å². The lowest BCUT2D eigenvalue weighted by atomic mass is 10.5. The zero-order valence-corrected chi connectivity index (χ0v) is 5.61. The first kappa shape index (κ1) is 8.38. The van der Waals surface area contributed by atoms with Gasteiger partial charge in [0, 0.05) is 6.42 Å². The van der Waals surface area contributed by atoms with E-state index in [0.717, 1.165) is 0 Å². The third-order valence-corrected chi connectivity index (χ3v) is 1.43. The summed E-state index contributed by atoms with van der Waals surface area (Å²) in [5.41, 5.74) is 4.86. The van der Waals surface area contributed by atoms with E-state index in [1.54, 1.807) is 0 Å². The van der Waals surface area contributed by atoms with E-state index in [9.17, 15) is 8.42 Å². The summed E-state index contributed by atoms with van der Waals surface area (Å²) in [6.45, 7) is 0. The first-order chi connectivity index (χ1) is 3.92. The number of amidine groups is 1. The molecule has 0 saturated heterocycles. The van der Waals surface area contributed by atoms with Gasteiger partial charge in [0.15, 0.2) is 0 Å². The maximum Gasteiger partial charge on any atom is 0.209 e. The highest BCUT2D eigenvalue weighted by Gasteiger charge is 2.01. The van der Waals surface area contributed by atoms with Gasteiger partial charge in [0.1, 0.15) is 0 Å². The van der Waals surface area contributed by atoms with Crippen molar-refractivity contribution in [3.05, 3.63) is 0 Å². The van der Waals surface area contributed by atoms with Gasteiger partial charge < -0.3 is 5.73 Å². The Labute approximate surface area is 53.6 Å². The molecular weight excluding hydrogens is 142 g/mol. The second kappa shape index (κ2) is 2.79. The molecule has 0 bridgehead atoms. The van der Waals surface area contributed by atoms with Crippen LogP contribution in [0.25, 0.3) is 0 Å². The van der Waals surface area contributed by atoms with Gasteiger partial charge in [0.05, 0.1) is 11.6 Å². The van der Waals surface area contributed by atoms with Crippen LogP contribution >= 0.6 is 0 Å².